The fraction of sp³-hybridized carbons (Fsp3) is 0.0645. The van der Waals surface area contributed by atoms with Crippen molar-refractivity contribution in [2.24, 2.45) is 0 Å². The van der Waals surface area contributed by atoms with Gasteiger partial charge in [-0.3, -0.25) is 19.7 Å². The number of pyridine rings is 3. The molecule has 1 aromatic carbocycles. The first-order valence-electron chi connectivity index (χ1n) is 13.1. The summed E-state index contributed by atoms with van der Waals surface area (Å²) in [5, 5.41) is 10.5. The minimum absolute atomic E-state index is 0.0297. The highest BCUT2D eigenvalue weighted by molar-refractivity contribution is 7.17. The second kappa shape index (κ2) is 10.5. The van der Waals surface area contributed by atoms with E-state index in [0.29, 0.717) is 38.9 Å². The predicted octanol–water partition coefficient (Wildman–Crippen LogP) is 6.07. The number of aromatic amines is 2. The zero-order valence-corrected chi connectivity index (χ0v) is 23.1. The highest BCUT2D eigenvalue weighted by atomic mass is 32.1. The van der Waals surface area contributed by atoms with Crippen LogP contribution in [0.15, 0.2) is 85.3 Å². The second-order valence-electron chi connectivity index (χ2n) is 9.70. The molecule has 10 nitrogen and oxygen atoms in total. The quantitative estimate of drug-likeness (QED) is 0.197. The van der Waals surface area contributed by atoms with Crippen molar-refractivity contribution in [3.63, 3.8) is 0 Å². The van der Waals surface area contributed by atoms with E-state index in [1.165, 1.54) is 11.3 Å². The van der Waals surface area contributed by atoms with E-state index >= 15 is 0 Å². The molecule has 0 unspecified atom stereocenters. The third-order valence-electron chi connectivity index (χ3n) is 6.77. The molecule has 0 atom stereocenters. The zero-order valence-electron chi connectivity index (χ0n) is 22.3. The molecule has 7 rings (SSSR count). The molecule has 0 saturated carbocycles. The van der Waals surface area contributed by atoms with Crippen molar-refractivity contribution in [1.29, 1.82) is 0 Å². The molecule has 42 heavy (non-hydrogen) atoms. The highest BCUT2D eigenvalue weighted by Gasteiger charge is 2.18. The Balaban J connectivity index is 1.21. The number of anilines is 1. The van der Waals surface area contributed by atoms with Crippen LogP contribution >= 0.6 is 11.3 Å². The van der Waals surface area contributed by atoms with Gasteiger partial charge in [0.05, 0.1) is 39.9 Å². The van der Waals surface area contributed by atoms with E-state index in [2.05, 4.69) is 30.5 Å². The number of carbonyl (C=O) groups is 2. The van der Waals surface area contributed by atoms with Gasteiger partial charge in [0.15, 0.2) is 22.9 Å². The first kappa shape index (κ1) is 25.4. The number of fused-ring (bicyclic) bond motifs is 2. The Kier molecular flexibility index (Phi) is 6.32. The Morgan fingerprint density at radius 2 is 1.86 bits per heavy atom. The molecule has 0 aliphatic heterocycles. The minimum Gasteiger partial charge on any atom is -0.335 e. The minimum atomic E-state index is -0.126. The summed E-state index contributed by atoms with van der Waals surface area (Å²) >= 11 is 1.43. The van der Waals surface area contributed by atoms with Crippen LogP contribution in [-0.2, 0) is 11.2 Å². The summed E-state index contributed by atoms with van der Waals surface area (Å²) in [4.78, 5) is 47.8. The van der Waals surface area contributed by atoms with Gasteiger partial charge in [-0.1, -0.05) is 30.3 Å². The van der Waals surface area contributed by atoms with E-state index < -0.39 is 0 Å². The average Bonchev–Trinajstić information content (AvgIpc) is 3.75. The third-order valence-corrected chi connectivity index (χ3v) is 7.99. The van der Waals surface area contributed by atoms with Crippen LogP contribution in [0.2, 0.25) is 0 Å². The lowest BCUT2D eigenvalue weighted by Crippen LogP contribution is -2.14. The molecule has 7 aromatic rings. The van der Waals surface area contributed by atoms with Crippen LogP contribution in [0.1, 0.15) is 22.2 Å². The van der Waals surface area contributed by atoms with E-state index in [1.54, 1.807) is 25.5 Å². The number of amides is 1. The van der Waals surface area contributed by atoms with Crippen LogP contribution in [0.4, 0.5) is 5.69 Å². The Morgan fingerprint density at radius 3 is 2.69 bits per heavy atom. The van der Waals surface area contributed by atoms with E-state index in [0.717, 1.165) is 32.6 Å². The number of ketones is 1. The average molecular weight is 571 g/mol. The molecule has 0 saturated heterocycles. The van der Waals surface area contributed by atoms with Crippen LogP contribution in [0.3, 0.4) is 0 Å². The number of nitrogens with zero attached hydrogens (tertiary/aromatic N) is 5. The van der Waals surface area contributed by atoms with Gasteiger partial charge in [0.1, 0.15) is 5.52 Å². The van der Waals surface area contributed by atoms with Crippen molar-refractivity contribution in [2.75, 3.05) is 5.32 Å². The summed E-state index contributed by atoms with van der Waals surface area (Å²) < 4.78 is 0. The summed E-state index contributed by atoms with van der Waals surface area (Å²) in [6.07, 6.45) is 5.29. The van der Waals surface area contributed by atoms with Gasteiger partial charge in [0.2, 0.25) is 5.91 Å². The molecule has 0 bridgehead atoms. The summed E-state index contributed by atoms with van der Waals surface area (Å²) in [6, 6.07) is 20.9. The van der Waals surface area contributed by atoms with Gasteiger partial charge in [0, 0.05) is 28.4 Å². The van der Waals surface area contributed by atoms with Crippen molar-refractivity contribution in [3.8, 4) is 33.2 Å². The van der Waals surface area contributed by atoms with Crippen LogP contribution in [0, 0.1) is 0 Å². The lowest BCUT2D eigenvalue weighted by atomic mass is 10.1. The number of H-pyrrole nitrogens is 2. The predicted molar refractivity (Wildman–Crippen MR) is 162 cm³/mol. The van der Waals surface area contributed by atoms with Gasteiger partial charge in [0.25, 0.3) is 0 Å². The lowest BCUT2D eigenvalue weighted by Gasteiger charge is -2.07. The van der Waals surface area contributed by atoms with E-state index in [1.807, 2.05) is 66.7 Å². The van der Waals surface area contributed by atoms with Crippen LogP contribution in [-0.4, -0.2) is 46.8 Å². The molecule has 1 amide bonds. The van der Waals surface area contributed by atoms with E-state index in [4.69, 9.17) is 9.97 Å². The third kappa shape index (κ3) is 4.82. The lowest BCUT2D eigenvalue weighted by molar-refractivity contribution is -0.115. The maximum atomic E-state index is 12.6. The van der Waals surface area contributed by atoms with Crippen LogP contribution in [0.5, 0.6) is 0 Å². The molecule has 3 N–H and O–H groups in total. The van der Waals surface area contributed by atoms with Gasteiger partial charge >= 0.3 is 0 Å². The zero-order chi connectivity index (χ0) is 28.6. The van der Waals surface area contributed by atoms with Gasteiger partial charge < -0.3 is 10.3 Å². The standard InChI is InChI=1S/C31H22N8O2S/c1-17(40)24-9-10-25(42-24)21-11-12-33-30-27(21)36-31(37-30)29-28-23(38-39-29)8-7-22(35-28)19-14-20(16-32-15-19)34-26(41)13-18-5-3-2-4-6-18/h2-12,14-16H,13H2,1H3,(H,34,41)(H,38,39)(H,33,36,37). The SMILES string of the molecule is CC(=O)c1ccc(-c2ccnc3nc(-c4n[nH]c5ccc(-c6cncc(NC(=O)Cc7ccccc7)c6)nc45)[nH]c23)s1. The molecule has 0 fully saturated rings. The first-order chi connectivity index (χ1) is 20.5. The Bertz CT molecular complexity index is 2110. The van der Waals surface area contributed by atoms with E-state index in [9.17, 15) is 9.59 Å². The molecule has 6 aromatic heterocycles. The molecule has 204 valence electrons. The monoisotopic (exact) mass is 570 g/mol. The number of Topliss-reactive ketones (excluding diaryl/α,β-unsaturated/α-hetero) is 1. The van der Waals surface area contributed by atoms with Gasteiger partial charge in [-0.2, -0.15) is 5.10 Å². The summed E-state index contributed by atoms with van der Waals surface area (Å²) in [5.41, 5.74) is 7.04. The van der Waals surface area contributed by atoms with Gasteiger partial charge in [-0.05, 0) is 48.9 Å². The molecular weight excluding hydrogens is 548 g/mol. The van der Waals surface area contributed by atoms with Gasteiger partial charge in [-0.25, -0.2) is 15.0 Å². The Morgan fingerprint density at radius 1 is 0.976 bits per heavy atom. The number of hydrogen-bond donors (Lipinski definition) is 3. The molecule has 0 radical (unpaired) electrons. The molecule has 0 spiro atoms. The molecule has 6 heterocycles. The maximum Gasteiger partial charge on any atom is 0.228 e. The fourth-order valence-electron chi connectivity index (χ4n) is 4.76. The van der Waals surface area contributed by atoms with Crippen molar-refractivity contribution in [1.82, 2.24) is 35.1 Å². The normalized spacial score (nSPS) is 11.3. The number of aromatic nitrogens is 7. The second-order valence-corrected chi connectivity index (χ2v) is 10.8. The number of thiophene rings is 1. The molecule has 0 aliphatic rings. The smallest absolute Gasteiger partial charge is 0.228 e. The largest absolute Gasteiger partial charge is 0.335 e. The highest BCUT2D eigenvalue weighted by Crippen LogP contribution is 2.34. The Hall–Kier alpha value is -5.55. The Labute approximate surface area is 242 Å². The van der Waals surface area contributed by atoms with Crippen LogP contribution < -0.4 is 5.32 Å². The first-order valence-corrected chi connectivity index (χ1v) is 13.9. The van der Waals surface area contributed by atoms with Crippen molar-refractivity contribution < 1.29 is 9.59 Å². The number of hydrogen-bond acceptors (Lipinski definition) is 8. The molecule has 11 heteroatoms. The number of nitrogens with one attached hydrogen (secondary N) is 3. The van der Waals surface area contributed by atoms with Crippen molar-refractivity contribution in [2.45, 2.75) is 13.3 Å². The number of benzene rings is 1. The van der Waals surface area contributed by atoms with Crippen LogP contribution in [0.25, 0.3) is 55.4 Å². The number of imidazole rings is 1. The van der Waals surface area contributed by atoms with Crippen molar-refractivity contribution >= 4 is 50.9 Å². The summed E-state index contributed by atoms with van der Waals surface area (Å²) in [5.74, 6) is 0.421. The fourth-order valence-corrected chi connectivity index (χ4v) is 5.69. The van der Waals surface area contributed by atoms with Gasteiger partial charge in [-0.15, -0.1) is 11.3 Å². The summed E-state index contributed by atoms with van der Waals surface area (Å²) in [6.45, 7) is 1.56. The summed E-state index contributed by atoms with van der Waals surface area (Å²) in [7, 11) is 0. The molecule has 0 aliphatic carbocycles. The maximum absolute atomic E-state index is 12.6. The van der Waals surface area contributed by atoms with Crippen molar-refractivity contribution in [3.05, 3.63) is 95.8 Å². The topological polar surface area (TPSA) is 142 Å². The molecular formula is C31H22N8O2S. The number of carbonyl (C=O) groups excluding carboxylic acids is 2. The number of rotatable bonds is 7. The van der Waals surface area contributed by atoms with E-state index in [-0.39, 0.29) is 18.1 Å².